The third-order valence-electron chi connectivity index (χ3n) is 5.10. The van der Waals surface area contributed by atoms with E-state index in [0.29, 0.717) is 0 Å². The number of rotatable bonds is 1. The van der Waals surface area contributed by atoms with Crippen LogP contribution in [-0.2, 0) is 0 Å². The number of hydrogen-bond acceptors (Lipinski definition) is 2. The quantitative estimate of drug-likeness (QED) is 0.168. The first-order valence-corrected chi connectivity index (χ1v) is 8.41. The van der Waals surface area contributed by atoms with Gasteiger partial charge in [-0.15, -0.1) is 0 Å². The van der Waals surface area contributed by atoms with Gasteiger partial charge < -0.3 is 9.47 Å². The summed E-state index contributed by atoms with van der Waals surface area (Å²) in [7, 11) is 1.20. The van der Waals surface area contributed by atoms with Gasteiger partial charge in [-0.3, -0.25) is 0 Å². The van der Waals surface area contributed by atoms with Gasteiger partial charge in [0.15, 0.2) is 40.7 Å². The zero-order valence-electron chi connectivity index (χ0n) is 14.8. The Morgan fingerprint density at radius 1 is 0.600 bits per heavy atom. The van der Waals surface area contributed by atoms with Crippen molar-refractivity contribution in [3.05, 3.63) is 65.0 Å². The second-order valence-electron chi connectivity index (χ2n) is 6.56. The molecule has 9 heteroatoms. The zero-order chi connectivity index (χ0) is 21.5. The summed E-state index contributed by atoms with van der Waals surface area (Å²) in [5.41, 5.74) is -0.498. The van der Waals surface area contributed by atoms with E-state index in [4.69, 9.17) is 9.47 Å². The lowest BCUT2D eigenvalue weighted by Gasteiger charge is -2.25. The molecule has 0 saturated heterocycles. The summed E-state index contributed by atoms with van der Waals surface area (Å²) in [6.45, 7) is 0. The maximum atomic E-state index is 14.8. The van der Waals surface area contributed by atoms with Crippen molar-refractivity contribution in [2.75, 3.05) is 7.11 Å². The normalized spacial score (nSPS) is 12.3. The van der Waals surface area contributed by atoms with Crippen LogP contribution in [0.15, 0.2) is 24.3 Å². The molecule has 30 heavy (non-hydrogen) atoms. The van der Waals surface area contributed by atoms with Gasteiger partial charge in [-0.1, -0.05) is 0 Å². The smallest absolute Gasteiger partial charge is 0.205 e. The van der Waals surface area contributed by atoms with Crippen molar-refractivity contribution in [1.82, 2.24) is 0 Å². The largest absolute Gasteiger partial charge is 0.496 e. The van der Waals surface area contributed by atoms with Crippen LogP contribution in [0.25, 0.3) is 32.7 Å². The van der Waals surface area contributed by atoms with Crippen LogP contribution in [0.1, 0.15) is 0 Å². The van der Waals surface area contributed by atoms with Gasteiger partial charge >= 0.3 is 0 Å². The van der Waals surface area contributed by atoms with Crippen molar-refractivity contribution in [1.29, 1.82) is 0 Å². The van der Waals surface area contributed by atoms with E-state index in [9.17, 15) is 30.7 Å². The maximum absolute atomic E-state index is 14.8. The van der Waals surface area contributed by atoms with E-state index >= 15 is 0 Å². The molecule has 4 aromatic rings. The van der Waals surface area contributed by atoms with Gasteiger partial charge in [0, 0.05) is 32.7 Å². The van der Waals surface area contributed by atoms with E-state index in [1.54, 1.807) is 0 Å². The molecule has 5 rings (SSSR count). The van der Waals surface area contributed by atoms with Crippen molar-refractivity contribution in [3.8, 4) is 28.4 Å². The Morgan fingerprint density at radius 3 is 1.83 bits per heavy atom. The Labute approximate surface area is 163 Å². The van der Waals surface area contributed by atoms with Crippen molar-refractivity contribution in [2.45, 2.75) is 0 Å². The summed E-state index contributed by atoms with van der Waals surface area (Å²) < 4.78 is 110. The molecule has 0 atom stereocenters. The average molecular weight is 424 g/mol. The molecule has 1 aliphatic rings. The molecule has 0 aliphatic carbocycles. The van der Waals surface area contributed by atoms with E-state index in [-0.39, 0.29) is 28.0 Å². The second kappa shape index (κ2) is 6.01. The second-order valence-corrected chi connectivity index (χ2v) is 6.56. The number of fused-ring (bicyclic) bond motifs is 4. The first-order valence-electron chi connectivity index (χ1n) is 8.41. The minimum absolute atomic E-state index is 0.0595. The predicted molar refractivity (Wildman–Crippen MR) is 93.2 cm³/mol. The highest BCUT2D eigenvalue weighted by Gasteiger charge is 2.34. The van der Waals surface area contributed by atoms with Gasteiger partial charge in [0.05, 0.1) is 7.11 Å². The summed E-state index contributed by atoms with van der Waals surface area (Å²) in [6.07, 6.45) is 0. The number of benzene rings is 4. The van der Waals surface area contributed by atoms with E-state index in [1.807, 2.05) is 0 Å². The fraction of sp³-hybridized carbons (Fsp3) is 0.0476. The van der Waals surface area contributed by atoms with Gasteiger partial charge in [0.2, 0.25) is 5.82 Å². The van der Waals surface area contributed by atoms with Crippen LogP contribution in [0.2, 0.25) is 0 Å². The number of halogens is 7. The standard InChI is InChI=1S/C21H7F7O2/c1-29-8-4-2-7-11-12(8)13-9(30-21(11)20(28)18(26)15(7)23)5-3-6-10(13)16(24)19(27)17(25)14(6)22/h2-5H,1H3. The SMILES string of the molecule is COc1ccc2c(F)c(F)c(F)c3c2c1-c1c(ccc2c(F)c(F)c(F)c(F)c12)O3. The highest BCUT2D eigenvalue weighted by Crippen LogP contribution is 2.55. The Morgan fingerprint density at radius 2 is 1.17 bits per heavy atom. The molecule has 0 saturated carbocycles. The van der Waals surface area contributed by atoms with E-state index in [0.717, 1.165) is 18.2 Å². The first kappa shape index (κ1) is 18.5. The molecule has 1 heterocycles. The van der Waals surface area contributed by atoms with Crippen LogP contribution < -0.4 is 9.47 Å². The maximum Gasteiger partial charge on any atom is 0.205 e. The van der Waals surface area contributed by atoms with E-state index < -0.39 is 62.6 Å². The minimum atomic E-state index is -2.07. The molecular weight excluding hydrogens is 417 g/mol. The van der Waals surface area contributed by atoms with Gasteiger partial charge in [-0.05, 0) is 24.3 Å². The van der Waals surface area contributed by atoms with Crippen LogP contribution in [0, 0.1) is 40.7 Å². The number of ether oxygens (including phenoxy) is 2. The van der Waals surface area contributed by atoms with Crippen LogP contribution in [0.5, 0.6) is 17.2 Å². The Hall–Kier alpha value is -3.49. The average Bonchev–Trinajstić information content (AvgIpc) is 2.76. The number of methoxy groups -OCH3 is 1. The molecule has 0 aromatic heterocycles. The molecule has 0 radical (unpaired) electrons. The molecule has 4 aromatic carbocycles. The molecule has 0 N–H and O–H groups in total. The molecule has 0 spiro atoms. The third-order valence-corrected chi connectivity index (χ3v) is 5.10. The van der Waals surface area contributed by atoms with Gasteiger partial charge in [-0.2, -0.15) is 4.39 Å². The molecule has 152 valence electrons. The lowest BCUT2D eigenvalue weighted by molar-refractivity contribution is 0.396. The fourth-order valence-electron chi connectivity index (χ4n) is 3.80. The van der Waals surface area contributed by atoms with E-state index in [2.05, 4.69) is 0 Å². The minimum Gasteiger partial charge on any atom is -0.496 e. The monoisotopic (exact) mass is 424 g/mol. The Kier molecular flexibility index (Phi) is 3.71. The lowest BCUT2D eigenvalue weighted by Crippen LogP contribution is -2.07. The molecule has 2 nitrogen and oxygen atoms in total. The summed E-state index contributed by atoms with van der Waals surface area (Å²) in [5.74, 6) is -13.5. The van der Waals surface area contributed by atoms with Crippen molar-refractivity contribution in [3.63, 3.8) is 0 Å². The Bertz CT molecular complexity index is 1430. The highest BCUT2D eigenvalue weighted by atomic mass is 19.2. The van der Waals surface area contributed by atoms with Crippen LogP contribution in [0.4, 0.5) is 30.7 Å². The highest BCUT2D eigenvalue weighted by molar-refractivity contribution is 6.13. The summed E-state index contributed by atoms with van der Waals surface area (Å²) in [4.78, 5) is 0. The summed E-state index contributed by atoms with van der Waals surface area (Å²) >= 11 is 0. The lowest BCUT2D eigenvalue weighted by atomic mass is 9.89. The summed E-state index contributed by atoms with van der Waals surface area (Å²) in [5, 5.41) is -2.09. The molecule has 0 fully saturated rings. The summed E-state index contributed by atoms with van der Waals surface area (Å²) in [6, 6.07) is 4.25. The zero-order valence-corrected chi connectivity index (χ0v) is 14.8. The molecule has 0 amide bonds. The topological polar surface area (TPSA) is 18.5 Å². The number of hydrogen-bond donors (Lipinski definition) is 0. The first-order chi connectivity index (χ1) is 14.3. The van der Waals surface area contributed by atoms with E-state index in [1.165, 1.54) is 13.2 Å². The van der Waals surface area contributed by atoms with Crippen molar-refractivity contribution < 1.29 is 40.2 Å². The fourth-order valence-corrected chi connectivity index (χ4v) is 3.80. The molecule has 0 bridgehead atoms. The Balaban J connectivity index is 2.09. The molecular formula is C21H7F7O2. The van der Waals surface area contributed by atoms with Gasteiger partial charge in [-0.25, -0.2) is 26.3 Å². The van der Waals surface area contributed by atoms with Gasteiger partial charge in [0.25, 0.3) is 0 Å². The molecule has 0 unspecified atom stereocenters. The van der Waals surface area contributed by atoms with Gasteiger partial charge in [0.1, 0.15) is 11.5 Å². The van der Waals surface area contributed by atoms with Crippen LogP contribution in [-0.4, -0.2) is 7.11 Å². The molecule has 1 aliphatic heterocycles. The van der Waals surface area contributed by atoms with Crippen molar-refractivity contribution in [2.24, 2.45) is 0 Å². The van der Waals surface area contributed by atoms with Crippen molar-refractivity contribution >= 4 is 21.5 Å². The predicted octanol–water partition coefficient (Wildman–Crippen LogP) is 6.75. The van der Waals surface area contributed by atoms with Crippen LogP contribution in [0.3, 0.4) is 0 Å². The van der Waals surface area contributed by atoms with Crippen LogP contribution >= 0.6 is 0 Å². The third kappa shape index (κ3) is 2.09.